The van der Waals surface area contributed by atoms with Gasteiger partial charge in [0.25, 0.3) is 0 Å². The number of fused-ring (bicyclic) bond motifs is 11. The standard InChI is InChI=1S/C69H49NS/c1-68(2)61-27-11-9-23-57(61)59-26-14-25-54(66(59)68)48-17-13-20-52(42-48)70(51-38-32-46(33-39-51)53-24-15-29-64-65(53)60-41-34-45-16-7-8-21-55(45)67(60)71-64)50-36-30-44(31-37-50)47-35-40-58-56-22-10-12-28-62(56)69(3,63(58)43-47)49-18-5-4-6-19-49/h4-43H,1-3H3. The lowest BCUT2D eigenvalue weighted by molar-refractivity contribution is 0.662. The fourth-order valence-corrected chi connectivity index (χ4v) is 13.8. The van der Waals surface area contributed by atoms with Gasteiger partial charge in [0.15, 0.2) is 0 Å². The molecule has 1 atom stereocenters. The van der Waals surface area contributed by atoms with E-state index >= 15 is 0 Å². The summed E-state index contributed by atoms with van der Waals surface area (Å²) in [5.74, 6) is 0. The lowest BCUT2D eigenvalue weighted by Gasteiger charge is -2.29. The molecule has 336 valence electrons. The third-order valence-corrected chi connectivity index (χ3v) is 17.1. The molecule has 0 aliphatic heterocycles. The van der Waals surface area contributed by atoms with Gasteiger partial charge in [-0.1, -0.05) is 208 Å². The summed E-state index contributed by atoms with van der Waals surface area (Å²) >= 11 is 1.90. The summed E-state index contributed by atoms with van der Waals surface area (Å²) in [5, 5.41) is 5.24. The van der Waals surface area contributed by atoms with E-state index in [2.05, 4.69) is 268 Å². The number of nitrogens with zero attached hydrogens (tertiary/aromatic N) is 1. The molecular formula is C69H49NS. The predicted molar refractivity (Wildman–Crippen MR) is 303 cm³/mol. The second kappa shape index (κ2) is 15.9. The molecule has 0 spiro atoms. The molecule has 0 N–H and O–H groups in total. The molecule has 14 rings (SSSR count). The molecule has 0 radical (unpaired) electrons. The van der Waals surface area contributed by atoms with E-state index in [-0.39, 0.29) is 10.8 Å². The maximum atomic E-state index is 2.44. The summed E-state index contributed by atoms with van der Waals surface area (Å²) < 4.78 is 2.66. The smallest absolute Gasteiger partial charge is 0.0467 e. The second-order valence-electron chi connectivity index (χ2n) is 20.1. The molecule has 1 aromatic heterocycles. The average Bonchev–Trinajstić information content (AvgIpc) is 4.03. The molecule has 0 saturated heterocycles. The van der Waals surface area contributed by atoms with Gasteiger partial charge in [-0.2, -0.15) is 0 Å². The monoisotopic (exact) mass is 923 g/mol. The average molecular weight is 924 g/mol. The van der Waals surface area contributed by atoms with E-state index in [0.29, 0.717) is 0 Å². The van der Waals surface area contributed by atoms with Crippen molar-refractivity contribution >= 4 is 59.3 Å². The van der Waals surface area contributed by atoms with E-state index in [1.54, 1.807) is 0 Å². The zero-order valence-corrected chi connectivity index (χ0v) is 40.8. The zero-order chi connectivity index (χ0) is 47.4. The summed E-state index contributed by atoms with van der Waals surface area (Å²) in [4.78, 5) is 2.43. The molecule has 71 heavy (non-hydrogen) atoms. The molecule has 1 heterocycles. The minimum absolute atomic E-state index is 0.132. The molecule has 2 aliphatic rings. The van der Waals surface area contributed by atoms with Crippen LogP contribution in [0.5, 0.6) is 0 Å². The first-order valence-corrected chi connectivity index (χ1v) is 25.6. The summed E-state index contributed by atoms with van der Waals surface area (Å²) in [5.41, 5.74) is 22.4. The summed E-state index contributed by atoms with van der Waals surface area (Å²) in [6.07, 6.45) is 0. The van der Waals surface area contributed by atoms with Crippen molar-refractivity contribution in [2.75, 3.05) is 4.90 Å². The Balaban J connectivity index is 0.886. The third kappa shape index (κ3) is 6.31. The van der Waals surface area contributed by atoms with Crippen molar-refractivity contribution in [3.05, 3.63) is 270 Å². The van der Waals surface area contributed by atoms with Gasteiger partial charge in [0.1, 0.15) is 0 Å². The molecule has 11 aromatic carbocycles. The van der Waals surface area contributed by atoms with Crippen LogP contribution in [0.1, 0.15) is 48.6 Å². The zero-order valence-electron chi connectivity index (χ0n) is 39.9. The number of rotatable bonds is 7. The highest BCUT2D eigenvalue weighted by atomic mass is 32.1. The van der Waals surface area contributed by atoms with Gasteiger partial charge in [-0.15, -0.1) is 11.3 Å². The van der Waals surface area contributed by atoms with E-state index in [0.717, 1.165) is 17.1 Å². The van der Waals surface area contributed by atoms with Crippen LogP contribution in [0.3, 0.4) is 0 Å². The second-order valence-corrected chi connectivity index (χ2v) is 21.2. The van der Waals surface area contributed by atoms with Crippen LogP contribution in [0.2, 0.25) is 0 Å². The number of thiophene rings is 1. The van der Waals surface area contributed by atoms with Crippen LogP contribution in [0, 0.1) is 0 Å². The summed E-state index contributed by atoms with van der Waals surface area (Å²) in [6.45, 7) is 7.15. The van der Waals surface area contributed by atoms with Gasteiger partial charge < -0.3 is 4.90 Å². The van der Waals surface area contributed by atoms with E-state index < -0.39 is 0 Å². The van der Waals surface area contributed by atoms with Gasteiger partial charge in [-0.05, 0) is 150 Å². The van der Waals surface area contributed by atoms with Crippen LogP contribution in [-0.4, -0.2) is 0 Å². The highest BCUT2D eigenvalue weighted by Gasteiger charge is 2.41. The van der Waals surface area contributed by atoms with Crippen LogP contribution >= 0.6 is 11.3 Å². The number of benzene rings is 11. The van der Waals surface area contributed by atoms with Crippen molar-refractivity contribution in [2.24, 2.45) is 0 Å². The van der Waals surface area contributed by atoms with Gasteiger partial charge in [-0.3, -0.25) is 0 Å². The Bertz CT molecular complexity index is 4080. The van der Waals surface area contributed by atoms with Gasteiger partial charge in [0.05, 0.1) is 0 Å². The topological polar surface area (TPSA) is 3.24 Å². The molecule has 0 amide bonds. The SMILES string of the molecule is CC1(C)c2ccccc2-c2cccc(-c3cccc(N(c4ccc(-c5ccc6c(c5)C(C)(c5ccccc5)c5ccccc5-6)cc4)c4ccc(-c5cccc6sc7c8ccccc8ccc7c56)cc4)c3)c21. The minimum Gasteiger partial charge on any atom is -0.310 e. The molecule has 1 nitrogen and oxygen atoms in total. The fraction of sp³-hybridized carbons (Fsp3) is 0.0725. The maximum Gasteiger partial charge on any atom is 0.0467 e. The Kier molecular flexibility index (Phi) is 9.31. The number of hydrogen-bond donors (Lipinski definition) is 0. The van der Waals surface area contributed by atoms with Gasteiger partial charge in [0, 0.05) is 48.1 Å². The minimum atomic E-state index is -0.260. The Morgan fingerprint density at radius 3 is 1.76 bits per heavy atom. The molecule has 2 aliphatic carbocycles. The fourth-order valence-electron chi connectivity index (χ4n) is 12.5. The van der Waals surface area contributed by atoms with Crippen LogP contribution < -0.4 is 4.90 Å². The van der Waals surface area contributed by atoms with Gasteiger partial charge in [-0.25, -0.2) is 0 Å². The van der Waals surface area contributed by atoms with Crippen LogP contribution in [0.4, 0.5) is 17.1 Å². The van der Waals surface area contributed by atoms with Crippen molar-refractivity contribution in [1.29, 1.82) is 0 Å². The summed E-state index contributed by atoms with van der Waals surface area (Å²) in [6, 6.07) is 90.6. The molecule has 1 unspecified atom stereocenters. The Hall–Kier alpha value is -8.30. The van der Waals surface area contributed by atoms with Gasteiger partial charge >= 0.3 is 0 Å². The van der Waals surface area contributed by atoms with E-state index in [1.165, 1.54) is 114 Å². The predicted octanol–water partition coefficient (Wildman–Crippen LogP) is 19.3. The van der Waals surface area contributed by atoms with Crippen molar-refractivity contribution in [3.8, 4) is 55.6 Å². The first-order valence-electron chi connectivity index (χ1n) is 24.8. The van der Waals surface area contributed by atoms with Crippen molar-refractivity contribution in [1.82, 2.24) is 0 Å². The third-order valence-electron chi connectivity index (χ3n) is 15.9. The quantitative estimate of drug-likeness (QED) is 0.154. The summed E-state index contributed by atoms with van der Waals surface area (Å²) in [7, 11) is 0. The van der Waals surface area contributed by atoms with Crippen molar-refractivity contribution in [2.45, 2.75) is 31.6 Å². The molecule has 0 bridgehead atoms. The Morgan fingerprint density at radius 2 is 0.958 bits per heavy atom. The Morgan fingerprint density at radius 1 is 0.352 bits per heavy atom. The first kappa shape index (κ1) is 41.7. The normalized spacial score (nSPS) is 15.1. The highest BCUT2D eigenvalue weighted by Crippen LogP contribution is 2.55. The molecule has 12 aromatic rings. The van der Waals surface area contributed by atoms with Crippen LogP contribution in [0.15, 0.2) is 243 Å². The number of hydrogen-bond acceptors (Lipinski definition) is 2. The van der Waals surface area contributed by atoms with E-state index in [1.807, 2.05) is 11.3 Å². The molecule has 0 saturated carbocycles. The lowest BCUT2D eigenvalue weighted by Crippen LogP contribution is -2.22. The molecule has 2 heteroatoms. The molecular weight excluding hydrogens is 875 g/mol. The van der Waals surface area contributed by atoms with Gasteiger partial charge in [0.2, 0.25) is 0 Å². The van der Waals surface area contributed by atoms with Crippen molar-refractivity contribution in [3.63, 3.8) is 0 Å². The first-order chi connectivity index (χ1) is 34.8. The maximum absolute atomic E-state index is 2.44. The lowest BCUT2D eigenvalue weighted by atomic mass is 9.74. The van der Waals surface area contributed by atoms with Crippen LogP contribution in [0.25, 0.3) is 86.6 Å². The number of anilines is 3. The van der Waals surface area contributed by atoms with E-state index in [9.17, 15) is 0 Å². The highest BCUT2D eigenvalue weighted by molar-refractivity contribution is 7.26. The van der Waals surface area contributed by atoms with Crippen LogP contribution in [-0.2, 0) is 10.8 Å². The molecule has 0 fully saturated rings. The largest absolute Gasteiger partial charge is 0.310 e. The van der Waals surface area contributed by atoms with E-state index in [4.69, 9.17) is 0 Å². The Labute approximate surface area is 419 Å². The van der Waals surface area contributed by atoms with Crippen molar-refractivity contribution < 1.29 is 0 Å².